The number of carbonyl (C=O) groups is 2. The molecule has 1 aliphatic rings. The number of carbonyl (C=O) groups excluding carboxylic acids is 2. The zero-order valence-corrected chi connectivity index (χ0v) is 22.8. The van der Waals surface area contributed by atoms with Crippen LogP contribution in [-0.4, -0.2) is 49.8 Å². The third-order valence-electron chi connectivity index (χ3n) is 5.83. The zero-order valence-electron chi connectivity index (χ0n) is 21.3. The number of anilines is 1. The molecular formula is C28H24ClFN2O6S. The largest absolute Gasteiger partial charge is 0.497 e. The molecular weight excluding hydrogens is 547 g/mol. The predicted molar refractivity (Wildman–Crippen MR) is 149 cm³/mol. The van der Waals surface area contributed by atoms with E-state index in [9.17, 15) is 14.0 Å². The van der Waals surface area contributed by atoms with E-state index in [1.54, 1.807) is 54.6 Å². The van der Waals surface area contributed by atoms with Gasteiger partial charge in [-0.05, 0) is 78.0 Å². The molecule has 0 spiro atoms. The van der Waals surface area contributed by atoms with Gasteiger partial charge in [-0.1, -0.05) is 23.7 Å². The second-order valence-corrected chi connectivity index (χ2v) is 9.03. The van der Waals surface area contributed by atoms with Gasteiger partial charge in [-0.15, -0.1) is 0 Å². The van der Waals surface area contributed by atoms with Crippen molar-refractivity contribution in [3.63, 3.8) is 0 Å². The van der Waals surface area contributed by atoms with Crippen LogP contribution in [0.4, 0.5) is 10.1 Å². The highest BCUT2D eigenvalue weighted by atomic mass is 35.5. The van der Waals surface area contributed by atoms with Crippen LogP contribution in [0, 0.1) is 5.82 Å². The summed E-state index contributed by atoms with van der Waals surface area (Å²) in [4.78, 5) is 28.5. The summed E-state index contributed by atoms with van der Waals surface area (Å²) < 4.78 is 34.6. The molecule has 39 heavy (non-hydrogen) atoms. The number of benzene rings is 3. The first-order valence-electron chi connectivity index (χ1n) is 11.6. The summed E-state index contributed by atoms with van der Waals surface area (Å²) in [5.41, 5.74) is 1.88. The summed E-state index contributed by atoms with van der Waals surface area (Å²) in [6, 6.07) is 15.9. The van der Waals surface area contributed by atoms with Crippen molar-refractivity contribution in [2.45, 2.75) is 6.61 Å². The second-order valence-electron chi connectivity index (χ2n) is 8.26. The van der Waals surface area contributed by atoms with Gasteiger partial charge >= 0.3 is 5.97 Å². The second kappa shape index (κ2) is 12.1. The topological polar surface area (TPSA) is 77.5 Å². The quantitative estimate of drug-likeness (QED) is 0.197. The summed E-state index contributed by atoms with van der Waals surface area (Å²) in [7, 11) is 4.25. The molecule has 1 saturated heterocycles. The number of amides is 1. The molecule has 0 saturated carbocycles. The maximum Gasteiger partial charge on any atom is 0.325 e. The third kappa shape index (κ3) is 6.13. The maximum atomic E-state index is 13.6. The Morgan fingerprint density at radius 2 is 1.72 bits per heavy atom. The van der Waals surface area contributed by atoms with Gasteiger partial charge in [0.15, 0.2) is 16.6 Å². The first kappa shape index (κ1) is 27.9. The van der Waals surface area contributed by atoms with Crippen molar-refractivity contribution in [1.29, 1.82) is 0 Å². The van der Waals surface area contributed by atoms with Crippen molar-refractivity contribution < 1.29 is 32.9 Å². The van der Waals surface area contributed by atoms with Crippen molar-refractivity contribution in [2.75, 3.05) is 32.8 Å². The highest BCUT2D eigenvalue weighted by Crippen LogP contribution is 2.38. The minimum absolute atomic E-state index is 0.110. The van der Waals surface area contributed by atoms with Gasteiger partial charge in [0.25, 0.3) is 5.91 Å². The first-order valence-corrected chi connectivity index (χ1v) is 12.4. The molecule has 4 rings (SSSR count). The molecule has 3 aromatic carbocycles. The molecule has 8 nitrogen and oxygen atoms in total. The van der Waals surface area contributed by atoms with Gasteiger partial charge in [0, 0.05) is 0 Å². The molecule has 202 valence electrons. The van der Waals surface area contributed by atoms with Crippen molar-refractivity contribution >= 4 is 52.6 Å². The number of hydrogen-bond acceptors (Lipinski definition) is 7. The first-order chi connectivity index (χ1) is 18.7. The number of rotatable bonds is 9. The monoisotopic (exact) mass is 570 g/mol. The van der Waals surface area contributed by atoms with E-state index < -0.39 is 11.9 Å². The number of hydrogen-bond donors (Lipinski definition) is 0. The van der Waals surface area contributed by atoms with Crippen molar-refractivity contribution in [2.24, 2.45) is 0 Å². The molecule has 1 heterocycles. The number of thiocarbonyl (C=S) groups is 1. The van der Waals surface area contributed by atoms with E-state index in [1.807, 2.05) is 0 Å². The zero-order chi connectivity index (χ0) is 28.1. The summed E-state index contributed by atoms with van der Waals surface area (Å²) in [6.45, 7) is -0.142. The van der Waals surface area contributed by atoms with Crippen LogP contribution in [0.5, 0.6) is 17.2 Å². The van der Waals surface area contributed by atoms with E-state index in [0.29, 0.717) is 22.7 Å². The van der Waals surface area contributed by atoms with Gasteiger partial charge in [0.05, 0.1) is 32.0 Å². The number of nitrogens with zero attached hydrogens (tertiary/aromatic N) is 2. The molecule has 0 N–H and O–H groups in total. The molecule has 3 aromatic rings. The molecule has 0 bridgehead atoms. The summed E-state index contributed by atoms with van der Waals surface area (Å²) >= 11 is 12.1. The van der Waals surface area contributed by atoms with Crippen LogP contribution in [0.1, 0.15) is 11.1 Å². The Morgan fingerprint density at radius 3 is 2.33 bits per heavy atom. The van der Waals surface area contributed by atoms with E-state index in [0.717, 1.165) is 5.56 Å². The Kier molecular flexibility index (Phi) is 8.68. The third-order valence-corrected chi connectivity index (χ3v) is 6.52. The molecule has 1 amide bonds. The van der Waals surface area contributed by atoms with Crippen molar-refractivity contribution in [1.82, 2.24) is 4.90 Å². The van der Waals surface area contributed by atoms with Crippen LogP contribution in [0.2, 0.25) is 5.02 Å². The Labute approximate surface area is 235 Å². The molecule has 0 aromatic heterocycles. The lowest BCUT2D eigenvalue weighted by Crippen LogP contribution is -2.35. The van der Waals surface area contributed by atoms with Crippen LogP contribution in [0.25, 0.3) is 6.08 Å². The Hall–Kier alpha value is -4.15. The molecule has 0 unspecified atom stereocenters. The fourth-order valence-corrected chi connectivity index (χ4v) is 4.47. The Morgan fingerprint density at radius 1 is 1.03 bits per heavy atom. The molecule has 1 aliphatic heterocycles. The lowest BCUT2D eigenvalue weighted by atomic mass is 10.1. The predicted octanol–water partition coefficient (Wildman–Crippen LogP) is 5.22. The minimum atomic E-state index is -0.576. The van der Waals surface area contributed by atoms with Gasteiger partial charge < -0.3 is 23.8 Å². The minimum Gasteiger partial charge on any atom is -0.497 e. The Bertz CT molecular complexity index is 1430. The van der Waals surface area contributed by atoms with E-state index in [-0.39, 0.29) is 40.6 Å². The van der Waals surface area contributed by atoms with Gasteiger partial charge in [0.2, 0.25) is 0 Å². The van der Waals surface area contributed by atoms with E-state index in [1.165, 1.54) is 43.3 Å². The van der Waals surface area contributed by atoms with Crippen LogP contribution < -0.4 is 19.1 Å². The highest BCUT2D eigenvalue weighted by Gasteiger charge is 2.40. The van der Waals surface area contributed by atoms with Gasteiger partial charge in [-0.3, -0.25) is 14.5 Å². The van der Waals surface area contributed by atoms with E-state index in [2.05, 4.69) is 0 Å². The number of ether oxygens (including phenoxy) is 4. The molecule has 0 radical (unpaired) electrons. The molecule has 0 atom stereocenters. The normalized spacial score (nSPS) is 14.1. The molecule has 1 fully saturated rings. The average molecular weight is 571 g/mol. The summed E-state index contributed by atoms with van der Waals surface area (Å²) in [5.74, 6) is -0.156. The highest BCUT2D eigenvalue weighted by molar-refractivity contribution is 7.80. The smallest absolute Gasteiger partial charge is 0.325 e. The van der Waals surface area contributed by atoms with E-state index >= 15 is 0 Å². The number of methoxy groups -OCH3 is 3. The standard InChI is InChI=1S/C28H24ClFN2O6S/c1-35-21-10-8-20(9-11-21)32-27(34)23(31(28(32)39)15-25(33)37-3)13-18-12-22(29)26(24(14-18)36-2)38-16-17-4-6-19(30)7-5-17/h4-14H,15-16H2,1-3H3/b23-13-. The lowest BCUT2D eigenvalue weighted by molar-refractivity contribution is -0.140. The van der Waals surface area contributed by atoms with E-state index in [4.69, 9.17) is 42.8 Å². The van der Waals surface area contributed by atoms with Crippen molar-refractivity contribution in [3.8, 4) is 17.2 Å². The summed E-state index contributed by atoms with van der Waals surface area (Å²) in [6.07, 6.45) is 1.55. The van der Waals surface area contributed by atoms with Crippen LogP contribution in [-0.2, 0) is 20.9 Å². The maximum absolute atomic E-state index is 13.6. The fourth-order valence-electron chi connectivity index (χ4n) is 3.84. The fraction of sp³-hybridized carbons (Fsp3) is 0.179. The van der Waals surface area contributed by atoms with Gasteiger partial charge in [-0.2, -0.15) is 0 Å². The Balaban J connectivity index is 1.68. The van der Waals surface area contributed by atoms with Crippen LogP contribution >= 0.6 is 23.8 Å². The van der Waals surface area contributed by atoms with Crippen LogP contribution in [0.15, 0.2) is 66.4 Å². The van der Waals surface area contributed by atoms with Gasteiger partial charge in [-0.25, -0.2) is 4.39 Å². The molecule has 11 heteroatoms. The van der Waals surface area contributed by atoms with Crippen LogP contribution in [0.3, 0.4) is 0 Å². The SMILES string of the molecule is COC(=O)CN1C(=S)N(c2ccc(OC)cc2)C(=O)/C1=C/c1cc(Cl)c(OCc2ccc(F)cc2)c(OC)c1. The van der Waals surface area contributed by atoms with Crippen molar-refractivity contribution in [3.05, 3.63) is 88.3 Å². The summed E-state index contributed by atoms with van der Waals surface area (Å²) in [5, 5.41) is 0.335. The van der Waals surface area contributed by atoms with Gasteiger partial charge in [0.1, 0.15) is 30.4 Å². The number of esters is 1. The average Bonchev–Trinajstić information content (AvgIpc) is 3.16. The lowest BCUT2D eigenvalue weighted by Gasteiger charge is -2.19. The number of halogens is 2. The molecule has 0 aliphatic carbocycles.